The van der Waals surface area contributed by atoms with Crippen molar-refractivity contribution in [2.75, 3.05) is 6.61 Å². The van der Waals surface area contributed by atoms with Crippen LogP contribution in [0.1, 0.15) is 18.4 Å². The molecule has 0 spiro atoms. The smallest absolute Gasteiger partial charge is 0.550 e. The number of aliphatic carboxylic acids is 1. The third-order valence-corrected chi connectivity index (χ3v) is 2.76. The monoisotopic (exact) mass is 266 g/mol. The maximum atomic E-state index is 10.3. The number of carbonyl (C=O) groups is 1. The zero-order chi connectivity index (χ0) is 13.0. The van der Waals surface area contributed by atoms with Crippen LogP contribution in [0.4, 0.5) is 0 Å². The Morgan fingerprint density at radius 3 is 2.58 bits per heavy atom. The minimum Gasteiger partial charge on any atom is -0.550 e. The molecule has 0 unspecified atom stereocenters. The third kappa shape index (κ3) is 4.86. The van der Waals surface area contributed by atoms with Gasteiger partial charge in [0.2, 0.25) is 0 Å². The molecule has 0 aliphatic carbocycles. The van der Waals surface area contributed by atoms with E-state index in [2.05, 4.69) is 25.1 Å². The Bertz CT molecular complexity index is 566. The van der Waals surface area contributed by atoms with Crippen molar-refractivity contribution in [1.29, 1.82) is 0 Å². The molecule has 0 fully saturated rings. The fraction of sp³-hybridized carbons (Fsp3) is 0.267. The first-order valence-electron chi connectivity index (χ1n) is 5.98. The summed E-state index contributed by atoms with van der Waals surface area (Å²) in [6.45, 7) is 2.45. The number of carboxylic acids is 1. The second-order valence-electron chi connectivity index (χ2n) is 4.34. The number of rotatable bonds is 5. The summed E-state index contributed by atoms with van der Waals surface area (Å²) in [5.41, 5.74) is 1.23. The Morgan fingerprint density at radius 2 is 1.84 bits per heavy atom. The van der Waals surface area contributed by atoms with E-state index in [-0.39, 0.29) is 36.0 Å². The summed E-state index contributed by atoms with van der Waals surface area (Å²) in [4.78, 5) is 10.3. The fourth-order valence-electron chi connectivity index (χ4n) is 1.84. The van der Waals surface area contributed by atoms with E-state index >= 15 is 0 Å². The van der Waals surface area contributed by atoms with Crippen molar-refractivity contribution < 1.29 is 44.2 Å². The maximum Gasteiger partial charge on any atom is 1.00 e. The van der Waals surface area contributed by atoms with Gasteiger partial charge < -0.3 is 14.6 Å². The van der Waals surface area contributed by atoms with E-state index in [0.717, 1.165) is 11.1 Å². The largest absolute Gasteiger partial charge is 1.00 e. The van der Waals surface area contributed by atoms with Crippen LogP contribution < -0.4 is 39.4 Å². The van der Waals surface area contributed by atoms with Crippen molar-refractivity contribution >= 4 is 16.7 Å². The van der Waals surface area contributed by atoms with Crippen molar-refractivity contribution in [3.63, 3.8) is 0 Å². The number of aryl methyl sites for hydroxylation is 1. The molecule has 0 saturated heterocycles. The summed E-state index contributed by atoms with van der Waals surface area (Å²) in [6.07, 6.45) is 0.501. The van der Waals surface area contributed by atoms with Gasteiger partial charge in [0, 0.05) is 5.97 Å². The van der Waals surface area contributed by atoms with Crippen LogP contribution >= 0.6 is 0 Å². The molecule has 0 aliphatic rings. The van der Waals surface area contributed by atoms with Gasteiger partial charge in [-0.3, -0.25) is 0 Å². The van der Waals surface area contributed by atoms with Gasteiger partial charge in [0.1, 0.15) is 5.75 Å². The number of carbonyl (C=O) groups excluding carboxylic acids is 1. The van der Waals surface area contributed by atoms with Crippen molar-refractivity contribution in [3.05, 3.63) is 42.0 Å². The zero-order valence-electron chi connectivity index (χ0n) is 11.3. The topological polar surface area (TPSA) is 49.4 Å². The molecule has 0 N–H and O–H groups in total. The van der Waals surface area contributed by atoms with Crippen LogP contribution in [0, 0.1) is 6.92 Å². The molecule has 0 saturated carbocycles. The minimum absolute atomic E-state index is 0. The number of hydrogen-bond donors (Lipinski definition) is 0. The van der Waals surface area contributed by atoms with Crippen LogP contribution in [0.5, 0.6) is 5.75 Å². The van der Waals surface area contributed by atoms with Crippen molar-refractivity contribution in [2.45, 2.75) is 19.8 Å². The molecule has 0 amide bonds. The summed E-state index contributed by atoms with van der Waals surface area (Å²) in [5.74, 6) is -0.266. The van der Waals surface area contributed by atoms with E-state index in [4.69, 9.17) is 4.74 Å². The van der Waals surface area contributed by atoms with Crippen LogP contribution in [-0.2, 0) is 4.79 Å². The second kappa shape index (κ2) is 7.53. The van der Waals surface area contributed by atoms with Crippen molar-refractivity contribution in [2.24, 2.45) is 0 Å². The molecule has 0 aliphatic heterocycles. The van der Waals surface area contributed by atoms with Gasteiger partial charge >= 0.3 is 29.6 Å². The van der Waals surface area contributed by atoms with E-state index in [1.54, 1.807) is 0 Å². The van der Waals surface area contributed by atoms with Gasteiger partial charge in [-0.25, -0.2) is 0 Å². The molecule has 2 aromatic carbocycles. The van der Waals surface area contributed by atoms with E-state index in [1.165, 1.54) is 10.9 Å². The Morgan fingerprint density at radius 1 is 1.16 bits per heavy atom. The molecule has 0 bridgehead atoms. The minimum atomic E-state index is -1.03. The summed E-state index contributed by atoms with van der Waals surface area (Å²) >= 11 is 0. The van der Waals surface area contributed by atoms with Gasteiger partial charge in [0.15, 0.2) is 0 Å². The van der Waals surface area contributed by atoms with Gasteiger partial charge in [0.25, 0.3) is 0 Å². The van der Waals surface area contributed by atoms with Gasteiger partial charge in [-0.05, 0) is 42.7 Å². The summed E-state index contributed by atoms with van der Waals surface area (Å²) in [7, 11) is 0. The van der Waals surface area contributed by atoms with Gasteiger partial charge in [0.05, 0.1) is 6.61 Å². The Balaban J connectivity index is 0.00000180. The third-order valence-electron chi connectivity index (χ3n) is 2.76. The molecule has 2 rings (SSSR count). The molecule has 0 atom stereocenters. The average Bonchev–Trinajstić information content (AvgIpc) is 2.34. The normalized spacial score (nSPS) is 9.95. The average molecular weight is 266 g/mol. The molecule has 4 heteroatoms. The molecular formula is C15H15NaO3. The molecule has 19 heavy (non-hydrogen) atoms. The van der Waals surface area contributed by atoms with Crippen molar-refractivity contribution in [1.82, 2.24) is 0 Å². The summed E-state index contributed by atoms with van der Waals surface area (Å²) in [6, 6.07) is 12.1. The predicted molar refractivity (Wildman–Crippen MR) is 68.4 cm³/mol. The van der Waals surface area contributed by atoms with E-state index < -0.39 is 5.97 Å². The number of fused-ring (bicyclic) bond motifs is 1. The second-order valence-corrected chi connectivity index (χ2v) is 4.34. The van der Waals surface area contributed by atoms with E-state index in [0.29, 0.717) is 13.0 Å². The number of ether oxygens (including phenoxy) is 1. The molecule has 0 aromatic heterocycles. The van der Waals surface area contributed by atoms with E-state index in [9.17, 15) is 9.90 Å². The SMILES string of the molecule is Cc1ccc2cc(OCCCC(=O)[O-])ccc2c1.[Na+]. The maximum absolute atomic E-state index is 10.3. The van der Waals surface area contributed by atoms with Crippen molar-refractivity contribution in [3.8, 4) is 5.75 Å². The Labute approximate surface area is 134 Å². The number of benzene rings is 2. The van der Waals surface area contributed by atoms with Crippen LogP contribution in [0.2, 0.25) is 0 Å². The van der Waals surface area contributed by atoms with Crippen LogP contribution in [-0.4, -0.2) is 12.6 Å². The zero-order valence-corrected chi connectivity index (χ0v) is 13.3. The molecule has 3 nitrogen and oxygen atoms in total. The van der Waals surface area contributed by atoms with Crippen LogP contribution in [0.15, 0.2) is 36.4 Å². The molecule has 0 radical (unpaired) electrons. The van der Waals surface area contributed by atoms with Crippen LogP contribution in [0.25, 0.3) is 10.8 Å². The Hall–Kier alpha value is -1.03. The first-order chi connectivity index (χ1) is 8.65. The van der Waals surface area contributed by atoms with E-state index in [1.807, 2.05) is 18.2 Å². The number of hydrogen-bond acceptors (Lipinski definition) is 3. The first kappa shape index (κ1) is 16.0. The molecule has 0 heterocycles. The first-order valence-corrected chi connectivity index (χ1v) is 5.98. The molecule has 94 valence electrons. The summed E-state index contributed by atoms with van der Waals surface area (Å²) < 4.78 is 5.50. The number of carboxylic acid groups (broad SMARTS) is 1. The Kier molecular flexibility index (Phi) is 6.35. The summed E-state index contributed by atoms with van der Waals surface area (Å²) in [5, 5.41) is 12.6. The standard InChI is InChI=1S/C15H16O3.Na/c1-11-4-5-13-10-14(7-6-12(13)9-11)18-8-2-3-15(16)17;/h4-7,9-10H,2-3,8H2,1H3,(H,16,17);/q;+1/p-1. The quantitative estimate of drug-likeness (QED) is 0.518. The molecular weight excluding hydrogens is 251 g/mol. The van der Waals surface area contributed by atoms with Gasteiger partial charge in [-0.2, -0.15) is 0 Å². The predicted octanol–water partition coefficient (Wildman–Crippen LogP) is -0.939. The van der Waals surface area contributed by atoms with Gasteiger partial charge in [-0.15, -0.1) is 0 Å². The molecule has 2 aromatic rings. The van der Waals surface area contributed by atoms with Gasteiger partial charge in [-0.1, -0.05) is 29.8 Å². The van der Waals surface area contributed by atoms with Crippen LogP contribution in [0.3, 0.4) is 0 Å². The fourth-order valence-corrected chi connectivity index (χ4v) is 1.84.